The number of carbonyl (C=O) groups excluding carboxylic acids is 2. The van der Waals surface area contributed by atoms with Gasteiger partial charge in [0.25, 0.3) is 5.91 Å². The van der Waals surface area contributed by atoms with Crippen LogP contribution in [0.3, 0.4) is 0 Å². The van der Waals surface area contributed by atoms with Crippen molar-refractivity contribution in [2.24, 2.45) is 0 Å². The molecule has 3 aromatic rings. The van der Waals surface area contributed by atoms with E-state index in [4.69, 9.17) is 19.2 Å². The van der Waals surface area contributed by atoms with Crippen LogP contribution in [0.15, 0.2) is 42.5 Å². The minimum Gasteiger partial charge on any atom is -0.493 e. The first-order chi connectivity index (χ1) is 16.4. The number of esters is 1. The van der Waals surface area contributed by atoms with Gasteiger partial charge >= 0.3 is 5.97 Å². The monoisotopic (exact) mass is 467 g/mol. The van der Waals surface area contributed by atoms with Gasteiger partial charge in [-0.05, 0) is 57.0 Å². The number of rotatable bonds is 12. The molecule has 2 aromatic carbocycles. The Morgan fingerprint density at radius 2 is 1.76 bits per heavy atom. The van der Waals surface area contributed by atoms with Crippen molar-refractivity contribution in [3.63, 3.8) is 0 Å². The van der Waals surface area contributed by atoms with Crippen molar-refractivity contribution < 1.29 is 23.8 Å². The Morgan fingerprint density at radius 1 is 1.00 bits per heavy atom. The first-order valence-electron chi connectivity index (χ1n) is 11.6. The Balaban J connectivity index is 1.50. The molecule has 0 bridgehead atoms. The second-order valence-electron chi connectivity index (χ2n) is 8.28. The molecule has 0 aliphatic rings. The van der Waals surface area contributed by atoms with Gasteiger partial charge in [-0.2, -0.15) is 0 Å². The third-order valence-corrected chi connectivity index (χ3v) is 5.40. The van der Waals surface area contributed by atoms with Crippen LogP contribution in [0.5, 0.6) is 11.5 Å². The van der Waals surface area contributed by atoms with Crippen LogP contribution in [0.25, 0.3) is 11.0 Å². The molecule has 0 fully saturated rings. The number of hydrogen-bond acceptors (Lipinski definition) is 6. The number of amides is 1. The molecular formula is C26H33N3O5. The fourth-order valence-corrected chi connectivity index (χ4v) is 3.79. The Hall–Kier alpha value is -3.55. The number of unbranched alkanes of at least 4 members (excludes halogenated alkanes) is 2. The lowest BCUT2D eigenvalue weighted by Gasteiger charge is -2.12. The van der Waals surface area contributed by atoms with Crippen LogP contribution < -0.4 is 14.8 Å². The van der Waals surface area contributed by atoms with Crippen molar-refractivity contribution >= 4 is 22.9 Å². The molecule has 8 heteroatoms. The second kappa shape index (κ2) is 12.1. The normalized spacial score (nSPS) is 11.0. The Bertz CT molecular complexity index is 1120. The summed E-state index contributed by atoms with van der Waals surface area (Å²) in [6, 6.07) is 12.9. The standard InChI is InChI=1S/C26H33N3O5/c1-18(2)34-25(30)17-29-21-11-8-7-10-20(21)28-24(29)12-6-5-9-15-27-26(31)19-13-14-22(32-3)23(16-19)33-4/h7-8,10-11,13-14,16,18H,5-6,9,12,15,17H2,1-4H3,(H,27,31). The molecule has 182 valence electrons. The molecule has 8 nitrogen and oxygen atoms in total. The summed E-state index contributed by atoms with van der Waals surface area (Å²) in [4.78, 5) is 29.4. The van der Waals surface area contributed by atoms with Gasteiger partial charge in [0.05, 0.1) is 31.4 Å². The van der Waals surface area contributed by atoms with Crippen molar-refractivity contribution in [3.05, 3.63) is 53.9 Å². The lowest BCUT2D eigenvalue weighted by molar-refractivity contribution is -0.148. The van der Waals surface area contributed by atoms with Gasteiger partial charge in [-0.15, -0.1) is 0 Å². The van der Waals surface area contributed by atoms with E-state index in [1.165, 1.54) is 0 Å². The van der Waals surface area contributed by atoms with Crippen LogP contribution in [-0.4, -0.2) is 48.3 Å². The molecule has 0 aliphatic heterocycles. The Labute approximate surface area is 200 Å². The molecule has 0 spiro atoms. The maximum Gasteiger partial charge on any atom is 0.326 e. The van der Waals surface area contributed by atoms with Crippen LogP contribution in [-0.2, 0) is 22.5 Å². The number of imidazole rings is 1. The van der Waals surface area contributed by atoms with E-state index in [2.05, 4.69) is 5.32 Å². The number of nitrogens with one attached hydrogen (secondary N) is 1. The lowest BCUT2D eigenvalue weighted by atomic mass is 10.1. The van der Waals surface area contributed by atoms with Gasteiger partial charge in [-0.3, -0.25) is 9.59 Å². The second-order valence-corrected chi connectivity index (χ2v) is 8.28. The van der Waals surface area contributed by atoms with Gasteiger partial charge in [0.15, 0.2) is 11.5 Å². The summed E-state index contributed by atoms with van der Waals surface area (Å²) in [5.41, 5.74) is 2.33. The molecule has 1 heterocycles. The zero-order valence-corrected chi connectivity index (χ0v) is 20.3. The van der Waals surface area contributed by atoms with Gasteiger partial charge in [-0.25, -0.2) is 4.98 Å². The lowest BCUT2D eigenvalue weighted by Crippen LogP contribution is -2.24. The minimum atomic E-state index is -0.266. The number of para-hydroxylation sites is 2. The molecule has 0 saturated carbocycles. The maximum absolute atomic E-state index is 12.4. The van der Waals surface area contributed by atoms with E-state index in [9.17, 15) is 9.59 Å². The number of carbonyl (C=O) groups is 2. The first kappa shape index (κ1) is 25.1. The number of aryl methyl sites for hydroxylation is 1. The fraction of sp³-hybridized carbons (Fsp3) is 0.423. The minimum absolute atomic E-state index is 0.147. The molecule has 1 amide bonds. The highest BCUT2D eigenvalue weighted by Crippen LogP contribution is 2.27. The topological polar surface area (TPSA) is 91.7 Å². The summed E-state index contributed by atoms with van der Waals surface area (Å²) in [5, 5.41) is 2.95. The average Bonchev–Trinajstić information content (AvgIpc) is 3.17. The van der Waals surface area contributed by atoms with E-state index >= 15 is 0 Å². The van der Waals surface area contributed by atoms with Crippen LogP contribution in [0.1, 0.15) is 49.3 Å². The molecule has 1 N–H and O–H groups in total. The van der Waals surface area contributed by atoms with Crippen molar-refractivity contribution in [1.29, 1.82) is 0 Å². The van der Waals surface area contributed by atoms with Crippen molar-refractivity contribution in [1.82, 2.24) is 14.9 Å². The Kier molecular flexibility index (Phi) is 8.90. The summed E-state index contributed by atoms with van der Waals surface area (Å²) in [6.45, 7) is 4.41. The van der Waals surface area contributed by atoms with E-state index in [-0.39, 0.29) is 24.5 Å². The third-order valence-electron chi connectivity index (χ3n) is 5.40. The summed E-state index contributed by atoms with van der Waals surface area (Å²) < 4.78 is 17.7. The number of benzene rings is 2. The molecule has 0 radical (unpaired) electrons. The number of fused-ring (bicyclic) bond motifs is 1. The van der Waals surface area contributed by atoms with Crippen molar-refractivity contribution in [3.8, 4) is 11.5 Å². The number of ether oxygens (including phenoxy) is 3. The highest BCUT2D eigenvalue weighted by molar-refractivity contribution is 5.94. The van der Waals surface area contributed by atoms with Crippen LogP contribution in [0.2, 0.25) is 0 Å². The number of hydrogen-bond donors (Lipinski definition) is 1. The number of aromatic nitrogens is 2. The smallest absolute Gasteiger partial charge is 0.326 e. The van der Waals surface area contributed by atoms with Crippen LogP contribution in [0.4, 0.5) is 0 Å². The molecule has 0 unspecified atom stereocenters. The van der Waals surface area contributed by atoms with Crippen LogP contribution in [0, 0.1) is 0 Å². The fourth-order valence-electron chi connectivity index (χ4n) is 3.79. The summed E-state index contributed by atoms with van der Waals surface area (Å²) in [6.07, 6.45) is 3.25. The number of nitrogens with zero attached hydrogens (tertiary/aromatic N) is 2. The van der Waals surface area contributed by atoms with Gasteiger partial charge in [0.1, 0.15) is 12.4 Å². The zero-order chi connectivity index (χ0) is 24.5. The highest BCUT2D eigenvalue weighted by atomic mass is 16.5. The molecule has 0 atom stereocenters. The number of methoxy groups -OCH3 is 2. The average molecular weight is 468 g/mol. The predicted octanol–water partition coefficient (Wildman–Crippen LogP) is 4.15. The van der Waals surface area contributed by atoms with Crippen molar-refractivity contribution in [2.75, 3.05) is 20.8 Å². The summed E-state index contributed by atoms with van der Waals surface area (Å²) in [7, 11) is 3.10. The predicted molar refractivity (Wildman–Crippen MR) is 130 cm³/mol. The molecule has 34 heavy (non-hydrogen) atoms. The van der Waals surface area contributed by atoms with E-state index in [0.29, 0.717) is 23.6 Å². The van der Waals surface area contributed by atoms with E-state index in [0.717, 1.165) is 42.5 Å². The van der Waals surface area contributed by atoms with E-state index < -0.39 is 0 Å². The largest absolute Gasteiger partial charge is 0.493 e. The van der Waals surface area contributed by atoms with E-state index in [1.807, 2.05) is 42.7 Å². The molecule has 1 aromatic heterocycles. The van der Waals surface area contributed by atoms with E-state index in [1.54, 1.807) is 32.4 Å². The van der Waals surface area contributed by atoms with Gasteiger partial charge in [0.2, 0.25) is 0 Å². The molecule has 0 saturated heterocycles. The third kappa shape index (κ3) is 6.50. The molecule has 3 rings (SSSR count). The van der Waals surface area contributed by atoms with Gasteiger partial charge in [0, 0.05) is 18.5 Å². The van der Waals surface area contributed by atoms with Crippen LogP contribution >= 0.6 is 0 Å². The summed E-state index contributed by atoms with van der Waals surface area (Å²) >= 11 is 0. The van der Waals surface area contributed by atoms with Gasteiger partial charge in [-0.1, -0.05) is 18.6 Å². The first-order valence-corrected chi connectivity index (χ1v) is 11.6. The maximum atomic E-state index is 12.4. The molecule has 0 aliphatic carbocycles. The zero-order valence-electron chi connectivity index (χ0n) is 20.3. The van der Waals surface area contributed by atoms with Gasteiger partial charge < -0.3 is 24.1 Å². The quantitative estimate of drug-likeness (QED) is 0.318. The molecular weight excluding hydrogens is 434 g/mol. The SMILES string of the molecule is COc1ccc(C(=O)NCCCCCc2nc3ccccc3n2CC(=O)OC(C)C)cc1OC. The summed E-state index contributed by atoms with van der Waals surface area (Å²) in [5.74, 6) is 1.57. The Morgan fingerprint density at radius 3 is 2.50 bits per heavy atom. The highest BCUT2D eigenvalue weighted by Gasteiger charge is 2.15. The van der Waals surface area contributed by atoms with Crippen molar-refractivity contribution in [2.45, 2.75) is 52.2 Å².